The zero-order valence-electron chi connectivity index (χ0n) is 17.7. The molecule has 30 heavy (non-hydrogen) atoms. The minimum Gasteiger partial charge on any atom is -0.493 e. The van der Waals surface area contributed by atoms with Crippen molar-refractivity contribution in [2.75, 3.05) is 39.3 Å². The van der Waals surface area contributed by atoms with Gasteiger partial charge in [-0.3, -0.25) is 4.79 Å². The summed E-state index contributed by atoms with van der Waals surface area (Å²) in [4.78, 5) is 23.4. The van der Waals surface area contributed by atoms with Crippen LogP contribution in [0.25, 0.3) is 6.08 Å². The monoisotopic (exact) mass is 412 g/mol. The van der Waals surface area contributed by atoms with E-state index in [0.717, 1.165) is 24.5 Å². The minimum absolute atomic E-state index is 0.240. The topological polar surface area (TPSA) is 85.8 Å². The minimum atomic E-state index is -0.240. The van der Waals surface area contributed by atoms with Crippen LogP contribution in [0.3, 0.4) is 0 Å². The summed E-state index contributed by atoms with van der Waals surface area (Å²) in [6, 6.07) is 5.47. The van der Waals surface area contributed by atoms with Crippen LogP contribution in [0, 0.1) is 0 Å². The summed E-state index contributed by atoms with van der Waals surface area (Å²) >= 11 is 0. The van der Waals surface area contributed by atoms with Gasteiger partial charge < -0.3 is 24.4 Å². The van der Waals surface area contributed by atoms with E-state index >= 15 is 0 Å². The molecule has 8 nitrogen and oxygen atoms in total. The number of methoxy groups -OCH3 is 3. The molecule has 3 rings (SSSR count). The van der Waals surface area contributed by atoms with E-state index in [1.165, 1.54) is 25.3 Å². The summed E-state index contributed by atoms with van der Waals surface area (Å²) in [5, 5.41) is 2.82. The number of piperidine rings is 1. The third kappa shape index (κ3) is 5.40. The first kappa shape index (κ1) is 21.4. The van der Waals surface area contributed by atoms with Crippen LogP contribution in [0.15, 0.2) is 30.5 Å². The lowest BCUT2D eigenvalue weighted by molar-refractivity contribution is -0.116. The van der Waals surface area contributed by atoms with Gasteiger partial charge in [-0.2, -0.15) is 0 Å². The lowest BCUT2D eigenvalue weighted by Crippen LogP contribution is -2.30. The number of amides is 1. The van der Waals surface area contributed by atoms with E-state index in [0.29, 0.717) is 23.1 Å². The normalized spacial score (nSPS) is 13.9. The van der Waals surface area contributed by atoms with Crippen molar-refractivity contribution >= 4 is 17.8 Å². The lowest BCUT2D eigenvalue weighted by Gasteiger charge is -2.27. The van der Waals surface area contributed by atoms with Crippen LogP contribution in [-0.2, 0) is 11.3 Å². The molecule has 1 fully saturated rings. The van der Waals surface area contributed by atoms with E-state index in [4.69, 9.17) is 14.2 Å². The number of hydrogen-bond acceptors (Lipinski definition) is 7. The highest BCUT2D eigenvalue weighted by atomic mass is 16.5. The van der Waals surface area contributed by atoms with Gasteiger partial charge in [-0.05, 0) is 49.1 Å². The molecule has 0 unspecified atom stereocenters. The maximum atomic E-state index is 12.3. The Bertz CT molecular complexity index is 869. The van der Waals surface area contributed by atoms with Gasteiger partial charge in [0.1, 0.15) is 11.6 Å². The van der Waals surface area contributed by atoms with Crippen molar-refractivity contribution in [2.24, 2.45) is 0 Å². The maximum absolute atomic E-state index is 12.3. The fraction of sp³-hybridized carbons (Fsp3) is 0.409. The SMILES string of the molecule is COc1cc(/C=C/C(=O)NCc2nccc(N3CCCCC3)n2)cc(OC)c1OC. The van der Waals surface area contributed by atoms with Crippen LogP contribution in [0.5, 0.6) is 17.2 Å². The Morgan fingerprint density at radius 1 is 1.10 bits per heavy atom. The van der Waals surface area contributed by atoms with E-state index in [2.05, 4.69) is 20.2 Å². The van der Waals surface area contributed by atoms with E-state index in [1.807, 2.05) is 6.07 Å². The van der Waals surface area contributed by atoms with Gasteiger partial charge in [0, 0.05) is 25.4 Å². The second-order valence-electron chi connectivity index (χ2n) is 6.89. The Hall–Kier alpha value is -3.29. The standard InChI is InChI=1S/C22H28N4O4/c1-28-17-13-16(14-18(29-2)22(17)30-3)7-8-21(27)24-15-19-23-10-9-20(25-19)26-11-5-4-6-12-26/h7-10,13-14H,4-6,11-12,15H2,1-3H3,(H,24,27)/b8-7+. The molecule has 0 aliphatic carbocycles. The largest absolute Gasteiger partial charge is 0.493 e. The molecule has 1 amide bonds. The van der Waals surface area contributed by atoms with E-state index < -0.39 is 0 Å². The Morgan fingerprint density at radius 3 is 2.43 bits per heavy atom. The first-order valence-corrected chi connectivity index (χ1v) is 9.97. The highest BCUT2D eigenvalue weighted by Gasteiger charge is 2.14. The fourth-order valence-corrected chi connectivity index (χ4v) is 3.37. The molecular weight excluding hydrogens is 384 g/mol. The van der Waals surface area contributed by atoms with Gasteiger partial charge in [-0.1, -0.05) is 0 Å². The Balaban J connectivity index is 1.61. The predicted molar refractivity (Wildman–Crippen MR) is 115 cm³/mol. The van der Waals surface area contributed by atoms with Crippen molar-refractivity contribution in [1.82, 2.24) is 15.3 Å². The second-order valence-corrected chi connectivity index (χ2v) is 6.89. The third-order valence-corrected chi connectivity index (χ3v) is 4.91. The molecule has 8 heteroatoms. The van der Waals surface area contributed by atoms with Crippen molar-refractivity contribution in [3.05, 3.63) is 41.9 Å². The molecule has 160 valence electrons. The first-order chi connectivity index (χ1) is 14.6. The molecule has 0 radical (unpaired) electrons. The Morgan fingerprint density at radius 2 is 1.80 bits per heavy atom. The Kier molecular flexibility index (Phi) is 7.48. The van der Waals surface area contributed by atoms with Crippen LogP contribution in [0.1, 0.15) is 30.7 Å². The summed E-state index contributed by atoms with van der Waals surface area (Å²) in [5.41, 5.74) is 0.753. The number of ether oxygens (including phenoxy) is 3. The predicted octanol–water partition coefficient (Wildman–Crippen LogP) is 2.82. The number of carbonyl (C=O) groups is 1. The molecule has 1 aliphatic heterocycles. The summed E-state index contributed by atoms with van der Waals surface area (Å²) in [7, 11) is 4.65. The third-order valence-electron chi connectivity index (χ3n) is 4.91. The average Bonchev–Trinajstić information content (AvgIpc) is 2.81. The molecule has 0 atom stereocenters. The number of anilines is 1. The van der Waals surface area contributed by atoms with Crippen molar-refractivity contribution in [2.45, 2.75) is 25.8 Å². The maximum Gasteiger partial charge on any atom is 0.244 e. The highest BCUT2D eigenvalue weighted by Crippen LogP contribution is 2.38. The summed E-state index contributed by atoms with van der Waals surface area (Å²) in [5.74, 6) is 2.83. The zero-order valence-corrected chi connectivity index (χ0v) is 17.7. The number of benzene rings is 1. The molecule has 2 heterocycles. The van der Waals surface area contributed by atoms with Gasteiger partial charge in [-0.15, -0.1) is 0 Å². The summed E-state index contributed by atoms with van der Waals surface area (Å²) < 4.78 is 16.0. The molecule has 0 spiro atoms. The highest BCUT2D eigenvalue weighted by molar-refractivity contribution is 5.91. The Labute approximate surface area is 176 Å². The average molecular weight is 412 g/mol. The van der Waals surface area contributed by atoms with Crippen molar-refractivity contribution in [3.8, 4) is 17.2 Å². The summed E-state index contributed by atoms with van der Waals surface area (Å²) in [6.45, 7) is 2.29. The van der Waals surface area contributed by atoms with Gasteiger partial charge in [-0.25, -0.2) is 9.97 Å². The molecule has 0 bridgehead atoms. The molecule has 1 aromatic carbocycles. The molecular formula is C22H28N4O4. The lowest BCUT2D eigenvalue weighted by atomic mass is 10.1. The number of nitrogens with zero attached hydrogens (tertiary/aromatic N) is 3. The van der Waals surface area contributed by atoms with Crippen LogP contribution in [0.2, 0.25) is 0 Å². The number of hydrogen-bond donors (Lipinski definition) is 1. The van der Waals surface area contributed by atoms with Crippen LogP contribution >= 0.6 is 0 Å². The van der Waals surface area contributed by atoms with Gasteiger partial charge in [0.05, 0.1) is 27.9 Å². The molecule has 0 saturated carbocycles. The molecule has 1 aliphatic rings. The van der Waals surface area contributed by atoms with Gasteiger partial charge in [0.2, 0.25) is 11.7 Å². The van der Waals surface area contributed by atoms with E-state index in [-0.39, 0.29) is 12.5 Å². The molecule has 1 saturated heterocycles. The van der Waals surface area contributed by atoms with Crippen molar-refractivity contribution in [1.29, 1.82) is 0 Å². The zero-order chi connectivity index (χ0) is 21.3. The van der Waals surface area contributed by atoms with Gasteiger partial charge in [0.15, 0.2) is 11.5 Å². The van der Waals surface area contributed by atoms with Crippen LogP contribution in [-0.4, -0.2) is 50.3 Å². The smallest absolute Gasteiger partial charge is 0.244 e. The van der Waals surface area contributed by atoms with Gasteiger partial charge >= 0.3 is 0 Å². The fourth-order valence-electron chi connectivity index (χ4n) is 3.37. The van der Waals surface area contributed by atoms with Crippen LogP contribution in [0.4, 0.5) is 5.82 Å². The number of carbonyl (C=O) groups excluding carboxylic acids is 1. The van der Waals surface area contributed by atoms with E-state index in [1.54, 1.807) is 45.7 Å². The van der Waals surface area contributed by atoms with E-state index in [9.17, 15) is 4.79 Å². The molecule has 1 aromatic heterocycles. The molecule has 1 N–H and O–H groups in total. The second kappa shape index (κ2) is 10.5. The van der Waals surface area contributed by atoms with Crippen molar-refractivity contribution < 1.29 is 19.0 Å². The number of nitrogens with one attached hydrogen (secondary N) is 1. The quantitative estimate of drug-likeness (QED) is 0.667. The van der Waals surface area contributed by atoms with Crippen molar-refractivity contribution in [3.63, 3.8) is 0 Å². The number of rotatable bonds is 8. The van der Waals surface area contributed by atoms with Gasteiger partial charge in [0.25, 0.3) is 0 Å². The number of aromatic nitrogens is 2. The summed E-state index contributed by atoms with van der Waals surface area (Å²) in [6.07, 6.45) is 8.51. The molecule has 2 aromatic rings. The van der Waals surface area contributed by atoms with Crippen LogP contribution < -0.4 is 24.4 Å². The first-order valence-electron chi connectivity index (χ1n) is 9.97.